The summed E-state index contributed by atoms with van der Waals surface area (Å²) in [6.07, 6.45) is -5.35. The molecule has 14 N–H and O–H groups in total. The minimum Gasteiger partial charge on any atom is -0.466 e. The normalized spacial score (nSPS) is 24.9. The molecule has 4 heterocycles. The number of nitrogens with zero attached hydrogens (tertiary/aromatic N) is 4. The van der Waals surface area contributed by atoms with Gasteiger partial charge in [-0.25, -0.2) is 0 Å². The third-order valence-corrected chi connectivity index (χ3v) is 13.6. The summed E-state index contributed by atoms with van der Waals surface area (Å²) in [4.78, 5) is 101. The van der Waals surface area contributed by atoms with Crippen LogP contribution in [-0.2, 0) is 57.3 Å². The Morgan fingerprint density at radius 2 is 0.481 bits per heavy atom. The molecule has 12 atom stereocenters. The number of esters is 4. The molecule has 0 aromatic heterocycles. The van der Waals surface area contributed by atoms with E-state index < -0.39 is 120 Å². The minimum absolute atomic E-state index is 0. The van der Waals surface area contributed by atoms with Gasteiger partial charge in [-0.05, 0) is 49.9 Å². The first-order valence-electron chi connectivity index (χ1n) is 25.0. The Morgan fingerprint density at radius 3 is 0.617 bits per heavy atom. The molecule has 4 aromatic rings. The SMILES string of the molecule is CCOC(=O)[C@@H]1[C@H](O)C(=O)N(C)[C@@H]1c1ccccc1.CCOC(=O)[C@@H]1[C@H](O)C(=O)N(C)[C@@H]1c1ccccc1.CCOC(=O)[C@H]1[C@@H](O)C(=O)N(C)[C@H]1c1ccccc1.CCOC(=O)[C@H]1[C@@H](O)C(=O)N(C)[C@H]1c1ccccc1.O.O.O.O.O. The van der Waals surface area contributed by atoms with Crippen LogP contribution < -0.4 is 0 Å². The first-order valence-corrected chi connectivity index (χ1v) is 25.0. The van der Waals surface area contributed by atoms with Gasteiger partial charge in [-0.15, -0.1) is 0 Å². The molecule has 0 unspecified atom stereocenters. The van der Waals surface area contributed by atoms with Gasteiger partial charge in [-0.1, -0.05) is 121 Å². The molecule has 0 radical (unpaired) electrons. The van der Waals surface area contributed by atoms with Crippen molar-refractivity contribution in [1.29, 1.82) is 0 Å². The fraction of sp³-hybridized carbons (Fsp3) is 0.429. The standard InChI is InChI=1S/4C14H17NO4.5H2O/c4*1-3-19-14(18)10-11(9-7-5-4-6-8-9)15(2)13(17)12(10)16;;;;;/h4*4-8,10-12,16H,3H2,1-2H3;5*1H2/t4*10-,11+,12-;;;;;/m1100...../s1. The fourth-order valence-corrected chi connectivity index (χ4v) is 9.96. The van der Waals surface area contributed by atoms with Crippen molar-refractivity contribution in [1.82, 2.24) is 19.6 Å². The topological polar surface area (TPSA) is 425 Å². The van der Waals surface area contributed by atoms with Gasteiger partial charge in [0.15, 0.2) is 0 Å². The highest BCUT2D eigenvalue weighted by Crippen LogP contribution is 2.41. The Hall–Kier alpha value is -7.72. The Morgan fingerprint density at radius 1 is 0.333 bits per heavy atom. The Labute approximate surface area is 469 Å². The second-order valence-corrected chi connectivity index (χ2v) is 18.1. The van der Waals surface area contributed by atoms with Crippen LogP contribution in [0.2, 0.25) is 0 Å². The maximum absolute atomic E-state index is 12.0. The summed E-state index contributed by atoms with van der Waals surface area (Å²) in [7, 11) is 6.34. The molecule has 0 spiro atoms. The summed E-state index contributed by atoms with van der Waals surface area (Å²) in [6, 6.07) is 34.8. The highest BCUT2D eigenvalue weighted by atomic mass is 16.5. The minimum atomic E-state index is -1.34. The second-order valence-electron chi connectivity index (χ2n) is 18.1. The molecule has 25 heteroatoms. The predicted octanol–water partition coefficient (Wildman–Crippen LogP) is -1.16. The summed E-state index contributed by atoms with van der Waals surface area (Å²) in [5.74, 6) is -7.47. The summed E-state index contributed by atoms with van der Waals surface area (Å²) < 4.78 is 19.9. The average molecular weight is 1140 g/mol. The smallest absolute Gasteiger partial charge is 0.314 e. The van der Waals surface area contributed by atoms with E-state index in [1.807, 2.05) is 121 Å². The van der Waals surface area contributed by atoms with Crippen molar-refractivity contribution in [3.05, 3.63) is 144 Å². The van der Waals surface area contributed by atoms with Crippen molar-refractivity contribution < 1.29 is 105 Å². The molecule has 0 saturated carbocycles. The zero-order valence-electron chi connectivity index (χ0n) is 46.3. The van der Waals surface area contributed by atoms with Gasteiger partial charge in [0.1, 0.15) is 48.1 Å². The lowest BCUT2D eigenvalue weighted by molar-refractivity contribution is -0.153. The van der Waals surface area contributed by atoms with Crippen LogP contribution in [0.4, 0.5) is 0 Å². The Kier molecular flexibility index (Phi) is 30.6. The Balaban J connectivity index is 0.00000103. The van der Waals surface area contributed by atoms with Gasteiger partial charge in [0, 0.05) is 28.2 Å². The molecule has 4 aliphatic heterocycles. The number of rotatable bonds is 12. The second kappa shape index (κ2) is 33.8. The van der Waals surface area contributed by atoms with E-state index in [2.05, 4.69) is 0 Å². The van der Waals surface area contributed by atoms with Crippen LogP contribution in [-0.4, -0.2) is 194 Å². The number of ether oxygens (including phenoxy) is 4. The number of carbonyl (C=O) groups is 8. The lowest BCUT2D eigenvalue weighted by atomic mass is 9.92. The molecular formula is C56H78N4O21. The van der Waals surface area contributed by atoms with Gasteiger partial charge in [0.05, 0.1) is 50.6 Å². The van der Waals surface area contributed by atoms with Crippen LogP contribution in [0.15, 0.2) is 121 Å². The highest BCUT2D eigenvalue weighted by molar-refractivity contribution is 5.94. The monoisotopic (exact) mass is 1140 g/mol. The number of aliphatic hydroxyl groups excluding tert-OH is 4. The number of likely N-dealkylation sites (tertiary alicyclic amines) is 4. The first kappa shape index (κ1) is 73.3. The number of likely N-dealkylation sites (N-methyl/N-ethyl adjacent to an activating group) is 4. The van der Waals surface area contributed by atoms with E-state index in [1.165, 1.54) is 19.6 Å². The molecular weight excluding hydrogens is 1060 g/mol. The number of hydrogen-bond acceptors (Lipinski definition) is 16. The van der Waals surface area contributed by atoms with Gasteiger partial charge in [0.2, 0.25) is 0 Å². The molecule has 8 rings (SSSR count). The lowest BCUT2D eigenvalue weighted by Gasteiger charge is -2.24. The van der Waals surface area contributed by atoms with Crippen LogP contribution in [0.25, 0.3) is 0 Å². The molecule has 4 saturated heterocycles. The number of aliphatic hydroxyl groups is 4. The average Bonchev–Trinajstić information content (AvgIpc) is 3.99. The van der Waals surface area contributed by atoms with Crippen LogP contribution >= 0.6 is 0 Å². The van der Waals surface area contributed by atoms with Crippen molar-refractivity contribution in [3.63, 3.8) is 0 Å². The molecule has 4 fully saturated rings. The summed E-state index contributed by atoms with van der Waals surface area (Å²) in [6.45, 7) is 7.68. The number of carbonyl (C=O) groups excluding carboxylic acids is 8. The van der Waals surface area contributed by atoms with Gasteiger partial charge in [-0.2, -0.15) is 0 Å². The number of amides is 4. The third-order valence-electron chi connectivity index (χ3n) is 13.6. The largest absolute Gasteiger partial charge is 0.466 e. The van der Waals surface area contributed by atoms with Crippen molar-refractivity contribution in [2.24, 2.45) is 23.7 Å². The van der Waals surface area contributed by atoms with Crippen LogP contribution in [0.1, 0.15) is 74.1 Å². The van der Waals surface area contributed by atoms with Crippen molar-refractivity contribution >= 4 is 47.5 Å². The van der Waals surface area contributed by atoms with Gasteiger partial charge in [0.25, 0.3) is 23.6 Å². The summed E-state index contributed by atoms with van der Waals surface area (Å²) >= 11 is 0. The van der Waals surface area contributed by atoms with Crippen LogP contribution in [0.5, 0.6) is 0 Å². The number of benzene rings is 4. The molecule has 448 valence electrons. The molecule has 4 aromatic carbocycles. The molecule has 4 aliphatic rings. The van der Waals surface area contributed by atoms with Crippen molar-refractivity contribution in [2.75, 3.05) is 54.6 Å². The third kappa shape index (κ3) is 16.2. The maximum atomic E-state index is 12.0. The van der Waals surface area contributed by atoms with E-state index in [1.54, 1.807) is 55.9 Å². The van der Waals surface area contributed by atoms with Crippen molar-refractivity contribution in [2.45, 2.75) is 76.3 Å². The summed E-state index contributed by atoms with van der Waals surface area (Å²) in [5, 5.41) is 39.9. The zero-order chi connectivity index (χ0) is 56.0. The van der Waals surface area contributed by atoms with Crippen molar-refractivity contribution in [3.8, 4) is 0 Å². The lowest BCUT2D eigenvalue weighted by Crippen LogP contribution is -2.31. The maximum Gasteiger partial charge on any atom is 0.314 e. The first-order chi connectivity index (χ1) is 36.3. The molecule has 4 amide bonds. The zero-order valence-corrected chi connectivity index (χ0v) is 46.3. The van der Waals surface area contributed by atoms with Crippen LogP contribution in [0, 0.1) is 23.7 Å². The number of hydrogen-bond donors (Lipinski definition) is 4. The Bertz CT molecular complexity index is 2260. The van der Waals surface area contributed by atoms with Crippen LogP contribution in [0.3, 0.4) is 0 Å². The van der Waals surface area contributed by atoms with E-state index in [-0.39, 0.29) is 53.8 Å². The van der Waals surface area contributed by atoms with E-state index in [0.29, 0.717) is 0 Å². The fourth-order valence-electron chi connectivity index (χ4n) is 9.96. The van der Waals surface area contributed by atoms with E-state index >= 15 is 0 Å². The molecule has 81 heavy (non-hydrogen) atoms. The van der Waals surface area contributed by atoms with E-state index in [4.69, 9.17) is 18.9 Å². The molecule has 25 nitrogen and oxygen atoms in total. The highest BCUT2D eigenvalue weighted by Gasteiger charge is 2.54. The van der Waals surface area contributed by atoms with Gasteiger partial charge >= 0.3 is 23.9 Å². The molecule has 0 bridgehead atoms. The van der Waals surface area contributed by atoms with E-state index in [9.17, 15) is 58.8 Å². The van der Waals surface area contributed by atoms with Gasteiger partial charge < -0.3 is 86.4 Å². The molecule has 0 aliphatic carbocycles. The van der Waals surface area contributed by atoms with Gasteiger partial charge in [-0.3, -0.25) is 38.4 Å². The quantitative estimate of drug-likeness (QED) is 0.0960. The van der Waals surface area contributed by atoms with E-state index in [0.717, 1.165) is 22.3 Å². The summed E-state index contributed by atoms with van der Waals surface area (Å²) in [5.41, 5.74) is 3.25. The predicted molar refractivity (Wildman–Crippen MR) is 290 cm³/mol.